The predicted molar refractivity (Wildman–Crippen MR) is 92.2 cm³/mol. The van der Waals surface area contributed by atoms with Gasteiger partial charge in [-0.25, -0.2) is 17.2 Å². The molecule has 0 bridgehead atoms. The summed E-state index contributed by atoms with van der Waals surface area (Å²) < 4.78 is 57.9. The highest BCUT2D eigenvalue weighted by Crippen LogP contribution is 2.14. The highest BCUT2D eigenvalue weighted by atomic mass is 32.2. The lowest BCUT2D eigenvalue weighted by Gasteiger charge is -2.14. The second-order valence-electron chi connectivity index (χ2n) is 5.41. The van der Waals surface area contributed by atoms with Gasteiger partial charge in [0.15, 0.2) is 6.61 Å². The quantitative estimate of drug-likeness (QED) is 0.693. The molecule has 1 amide bonds. The van der Waals surface area contributed by atoms with Gasteiger partial charge in [-0.3, -0.25) is 9.59 Å². The van der Waals surface area contributed by atoms with E-state index < -0.39 is 51.1 Å². The van der Waals surface area contributed by atoms with E-state index in [0.717, 1.165) is 18.2 Å². The topological polar surface area (TPSA) is 102 Å². The third kappa shape index (κ3) is 5.56. The van der Waals surface area contributed by atoms with Crippen LogP contribution in [0.5, 0.6) is 0 Å². The number of amides is 1. The van der Waals surface area contributed by atoms with Crippen LogP contribution in [-0.2, 0) is 24.3 Å². The Morgan fingerprint density at radius 3 is 2.26 bits per heavy atom. The van der Waals surface area contributed by atoms with E-state index >= 15 is 0 Å². The smallest absolute Gasteiger partial charge is 0.324 e. The summed E-state index contributed by atoms with van der Waals surface area (Å²) in [5, 5.41) is 2.21. The van der Waals surface area contributed by atoms with E-state index in [1.165, 1.54) is 37.3 Å². The van der Waals surface area contributed by atoms with Gasteiger partial charge in [0.25, 0.3) is 5.91 Å². The molecule has 2 rings (SSSR count). The number of hydrogen-bond acceptors (Lipinski definition) is 5. The predicted octanol–water partition coefficient (Wildman–Crippen LogP) is 1.81. The second-order valence-corrected chi connectivity index (χ2v) is 7.09. The minimum atomic E-state index is -4.30. The molecule has 2 N–H and O–H groups in total. The van der Waals surface area contributed by atoms with Gasteiger partial charge in [-0.05, 0) is 31.2 Å². The maximum Gasteiger partial charge on any atom is 0.324 e. The standard InChI is InChI=1S/C17H16F2N2O5S/c1-11(21-27(24,25)15-9-5-3-7-13(15)19)17(23)26-10-16(22)20-14-8-4-2-6-12(14)18/h2-9,11,21H,10H2,1H3,(H,20,22)/t11-/m0/s1. The molecular weight excluding hydrogens is 382 g/mol. The first-order valence-corrected chi connectivity index (χ1v) is 9.17. The lowest BCUT2D eigenvalue weighted by Crippen LogP contribution is -2.40. The van der Waals surface area contributed by atoms with E-state index in [1.807, 2.05) is 4.72 Å². The molecule has 1 atom stereocenters. The Morgan fingerprint density at radius 1 is 1.04 bits per heavy atom. The van der Waals surface area contributed by atoms with Crippen LogP contribution in [0.3, 0.4) is 0 Å². The summed E-state index contributed by atoms with van der Waals surface area (Å²) in [5.41, 5.74) is -0.0909. The van der Waals surface area contributed by atoms with E-state index in [0.29, 0.717) is 0 Å². The molecular formula is C17H16F2N2O5S. The van der Waals surface area contributed by atoms with Gasteiger partial charge in [0, 0.05) is 0 Å². The molecule has 0 saturated carbocycles. The fourth-order valence-electron chi connectivity index (χ4n) is 2.02. The molecule has 7 nitrogen and oxygen atoms in total. The summed E-state index contributed by atoms with van der Waals surface area (Å²) in [6.07, 6.45) is 0. The molecule has 27 heavy (non-hydrogen) atoms. The molecule has 0 fully saturated rings. The summed E-state index contributed by atoms with van der Waals surface area (Å²) in [6.45, 7) is 0.425. The summed E-state index contributed by atoms with van der Waals surface area (Å²) in [5.74, 6) is -3.51. The number of carbonyl (C=O) groups is 2. The number of para-hydroxylation sites is 1. The molecule has 10 heteroatoms. The molecule has 2 aromatic rings. The highest BCUT2D eigenvalue weighted by Gasteiger charge is 2.25. The lowest BCUT2D eigenvalue weighted by atomic mass is 10.3. The van der Waals surface area contributed by atoms with Crippen molar-refractivity contribution in [2.24, 2.45) is 0 Å². The molecule has 0 aliphatic carbocycles. The minimum absolute atomic E-state index is 0.0909. The Kier molecular flexibility index (Phi) is 6.59. The van der Waals surface area contributed by atoms with Gasteiger partial charge >= 0.3 is 5.97 Å². The maximum absolute atomic E-state index is 13.6. The molecule has 0 spiro atoms. The van der Waals surface area contributed by atoms with Crippen LogP contribution in [0.2, 0.25) is 0 Å². The Hall–Kier alpha value is -2.85. The van der Waals surface area contributed by atoms with Crippen LogP contribution >= 0.6 is 0 Å². The van der Waals surface area contributed by atoms with Gasteiger partial charge in [0.2, 0.25) is 10.0 Å². The first-order chi connectivity index (χ1) is 12.7. The van der Waals surface area contributed by atoms with Crippen molar-refractivity contribution in [3.63, 3.8) is 0 Å². The Morgan fingerprint density at radius 2 is 1.63 bits per heavy atom. The molecule has 0 heterocycles. The van der Waals surface area contributed by atoms with Crippen molar-refractivity contribution in [1.82, 2.24) is 4.72 Å². The Labute approximate surface area is 154 Å². The molecule has 144 valence electrons. The van der Waals surface area contributed by atoms with Crippen molar-refractivity contribution in [3.8, 4) is 0 Å². The fraction of sp³-hybridized carbons (Fsp3) is 0.176. The lowest BCUT2D eigenvalue weighted by molar-refractivity contribution is -0.148. The average Bonchev–Trinajstić information content (AvgIpc) is 2.61. The van der Waals surface area contributed by atoms with Gasteiger partial charge in [0.05, 0.1) is 5.69 Å². The minimum Gasteiger partial charge on any atom is -0.454 e. The summed E-state index contributed by atoms with van der Waals surface area (Å²) in [7, 11) is -4.30. The second kappa shape index (κ2) is 8.69. The van der Waals surface area contributed by atoms with Crippen LogP contribution < -0.4 is 10.0 Å². The summed E-state index contributed by atoms with van der Waals surface area (Å²) >= 11 is 0. The zero-order chi connectivity index (χ0) is 20.0. The van der Waals surface area contributed by atoms with Crippen LogP contribution in [-0.4, -0.2) is 32.9 Å². The molecule has 0 aliphatic rings. The van der Waals surface area contributed by atoms with Gasteiger partial charge in [0.1, 0.15) is 22.6 Å². The van der Waals surface area contributed by atoms with E-state index in [4.69, 9.17) is 4.74 Å². The zero-order valence-corrected chi connectivity index (χ0v) is 14.9. The largest absolute Gasteiger partial charge is 0.454 e. The van der Waals surface area contributed by atoms with Crippen molar-refractivity contribution in [3.05, 3.63) is 60.2 Å². The van der Waals surface area contributed by atoms with E-state index in [9.17, 15) is 26.8 Å². The number of benzene rings is 2. The monoisotopic (exact) mass is 398 g/mol. The van der Waals surface area contributed by atoms with Crippen LogP contribution in [0.4, 0.5) is 14.5 Å². The third-order valence-corrected chi connectivity index (χ3v) is 4.88. The number of anilines is 1. The van der Waals surface area contributed by atoms with Crippen LogP contribution in [0.1, 0.15) is 6.92 Å². The van der Waals surface area contributed by atoms with Crippen molar-refractivity contribution in [1.29, 1.82) is 0 Å². The maximum atomic E-state index is 13.6. The van der Waals surface area contributed by atoms with Crippen LogP contribution in [0.25, 0.3) is 0 Å². The number of ether oxygens (including phenoxy) is 1. The van der Waals surface area contributed by atoms with Gasteiger partial charge < -0.3 is 10.1 Å². The number of carbonyl (C=O) groups excluding carboxylic acids is 2. The van der Waals surface area contributed by atoms with Crippen LogP contribution in [0, 0.1) is 11.6 Å². The Bertz CT molecular complexity index is 950. The molecule has 0 radical (unpaired) electrons. The first-order valence-electron chi connectivity index (χ1n) is 7.68. The first kappa shape index (κ1) is 20.5. The van der Waals surface area contributed by atoms with Gasteiger partial charge in [-0.2, -0.15) is 4.72 Å². The van der Waals surface area contributed by atoms with E-state index in [2.05, 4.69) is 5.32 Å². The average molecular weight is 398 g/mol. The summed E-state index contributed by atoms with van der Waals surface area (Å²) in [4.78, 5) is 22.9. The molecule has 2 aromatic carbocycles. The number of esters is 1. The molecule has 0 saturated heterocycles. The van der Waals surface area contributed by atoms with Crippen molar-refractivity contribution in [2.45, 2.75) is 17.9 Å². The van der Waals surface area contributed by atoms with Gasteiger partial charge in [-0.1, -0.05) is 24.3 Å². The van der Waals surface area contributed by atoms with Crippen molar-refractivity contribution < 1.29 is 31.5 Å². The third-order valence-electron chi connectivity index (χ3n) is 3.31. The number of rotatable bonds is 7. The molecule has 0 unspecified atom stereocenters. The fourth-order valence-corrected chi connectivity index (χ4v) is 3.29. The van der Waals surface area contributed by atoms with Crippen molar-refractivity contribution in [2.75, 3.05) is 11.9 Å². The van der Waals surface area contributed by atoms with E-state index in [1.54, 1.807) is 0 Å². The molecule has 0 aromatic heterocycles. The number of sulfonamides is 1. The van der Waals surface area contributed by atoms with Gasteiger partial charge in [-0.15, -0.1) is 0 Å². The van der Waals surface area contributed by atoms with E-state index in [-0.39, 0.29) is 5.69 Å². The normalized spacial score (nSPS) is 12.3. The zero-order valence-electron chi connectivity index (χ0n) is 14.1. The highest BCUT2D eigenvalue weighted by molar-refractivity contribution is 7.89. The Balaban J connectivity index is 1.91. The summed E-state index contributed by atoms with van der Waals surface area (Å²) in [6, 6.07) is 8.67. The SMILES string of the molecule is C[C@H](NS(=O)(=O)c1ccccc1F)C(=O)OCC(=O)Nc1ccccc1F. The number of halogens is 2. The number of nitrogens with one attached hydrogen (secondary N) is 2. The van der Waals surface area contributed by atoms with Crippen LogP contribution in [0.15, 0.2) is 53.4 Å². The molecule has 0 aliphatic heterocycles. The number of hydrogen-bond donors (Lipinski definition) is 2. The van der Waals surface area contributed by atoms with Crippen molar-refractivity contribution >= 4 is 27.6 Å².